The molecule has 2 saturated heterocycles. The highest BCUT2D eigenvalue weighted by Crippen LogP contribution is 2.33. The van der Waals surface area contributed by atoms with Gasteiger partial charge in [0.1, 0.15) is 23.7 Å². The molecule has 0 amide bonds. The summed E-state index contributed by atoms with van der Waals surface area (Å²) < 4.78 is 18.2. The van der Waals surface area contributed by atoms with Gasteiger partial charge in [0.2, 0.25) is 11.9 Å². The van der Waals surface area contributed by atoms with Crippen LogP contribution in [0.2, 0.25) is 0 Å². The quantitative estimate of drug-likeness (QED) is 0.120. The zero-order valence-corrected chi connectivity index (χ0v) is 37.1. The van der Waals surface area contributed by atoms with Gasteiger partial charge in [-0.2, -0.15) is 10.2 Å². The Morgan fingerprint density at radius 2 is 1.16 bits per heavy atom. The molecule has 0 saturated carbocycles. The number of ether oxygens (including phenoxy) is 2. The van der Waals surface area contributed by atoms with Gasteiger partial charge in [-0.1, -0.05) is 31.9 Å². The minimum atomic E-state index is 0.178. The summed E-state index contributed by atoms with van der Waals surface area (Å²) in [5.74, 6) is 2.73. The number of hydrogen-bond donors (Lipinski definition) is 3. The van der Waals surface area contributed by atoms with E-state index in [0.29, 0.717) is 11.9 Å². The molecule has 0 bridgehead atoms. The van der Waals surface area contributed by atoms with Crippen LogP contribution in [0.4, 0.5) is 23.3 Å². The Labute approximate surface area is 370 Å². The number of anilines is 4. The number of aryl methyl sites for hydroxylation is 2. The highest BCUT2D eigenvalue weighted by atomic mass is 79.9. The summed E-state index contributed by atoms with van der Waals surface area (Å²) in [6, 6.07) is 24.2. The molecule has 4 aromatic carbocycles. The number of nitrogens with one attached hydrogen (secondary N) is 3. The van der Waals surface area contributed by atoms with E-state index in [-0.39, 0.29) is 12.2 Å². The van der Waals surface area contributed by atoms with Crippen molar-refractivity contribution in [3.8, 4) is 33.8 Å². The van der Waals surface area contributed by atoms with Gasteiger partial charge in [-0.05, 0) is 98.2 Å². The first-order valence-corrected chi connectivity index (χ1v) is 21.6. The summed E-state index contributed by atoms with van der Waals surface area (Å²) in [4.78, 5) is 20.5. The van der Waals surface area contributed by atoms with Crippen LogP contribution in [0.25, 0.3) is 44.1 Å². The second-order valence-electron chi connectivity index (χ2n) is 15.4. The molecule has 61 heavy (non-hydrogen) atoms. The first kappa shape index (κ1) is 40.5. The second-order valence-corrected chi connectivity index (χ2v) is 17.2. The van der Waals surface area contributed by atoms with Crippen LogP contribution in [0.1, 0.15) is 12.8 Å². The number of benzene rings is 4. The maximum atomic E-state index is 6.32. The number of likely N-dealkylation sites (tertiary alicyclic amines) is 1. The highest BCUT2D eigenvalue weighted by Gasteiger charge is 2.22. The van der Waals surface area contributed by atoms with Crippen molar-refractivity contribution in [3.63, 3.8) is 0 Å². The van der Waals surface area contributed by atoms with Gasteiger partial charge < -0.3 is 30.3 Å². The van der Waals surface area contributed by atoms with Crippen molar-refractivity contribution in [1.29, 1.82) is 0 Å². The Bertz CT molecular complexity index is 2820. The molecule has 2 unspecified atom stereocenters. The summed E-state index contributed by atoms with van der Waals surface area (Å²) >= 11 is 6.97. The normalized spacial score (nSPS) is 16.4. The van der Waals surface area contributed by atoms with E-state index < -0.39 is 0 Å². The number of hydrogen-bond acceptors (Lipinski definition) is 12. The number of likely N-dealkylation sites (N-methyl/N-ethyl adjacent to an activating group) is 1. The molecule has 6 heterocycles. The van der Waals surface area contributed by atoms with Crippen molar-refractivity contribution in [2.45, 2.75) is 25.0 Å². The molecule has 0 spiro atoms. The lowest BCUT2D eigenvalue weighted by atomic mass is 10.1. The molecule has 10 rings (SSSR count). The number of fused-ring (bicyclic) bond motifs is 2. The standard InChI is InChI=1S/C23H23BrN6O.C22H21BrN6O/c1-29-6-5-20(14-29)31-21-9-15(17-12-26-30(2)13-17)8-19(10-21)27-23-25-11-16-7-18(24)3-4-22(16)28-23;1-29-13-16(11-26-29)14-7-18(9-20(8-14)30-19-4-5-24-12-19)27-22-25-10-15-6-17(23)2-3-21(15)28-22/h3-4,7-13,20H,5-6,14H2,1-2H3,(H,25,27,28);2-3,6-11,13,19,24H,4-5,12H2,1H3,(H,25,27,28). The van der Waals surface area contributed by atoms with Gasteiger partial charge in [0.05, 0.1) is 23.4 Å². The van der Waals surface area contributed by atoms with Gasteiger partial charge in [0.15, 0.2) is 0 Å². The fourth-order valence-corrected chi connectivity index (χ4v) is 8.20. The number of halogens is 2. The summed E-state index contributed by atoms with van der Waals surface area (Å²) in [7, 11) is 5.95. The van der Waals surface area contributed by atoms with Gasteiger partial charge in [0, 0.05) is 113 Å². The molecule has 310 valence electrons. The molecule has 0 radical (unpaired) electrons. The Balaban J connectivity index is 0.000000156. The third-order valence-electron chi connectivity index (χ3n) is 10.5. The van der Waals surface area contributed by atoms with Crippen LogP contribution >= 0.6 is 31.9 Å². The topological polar surface area (TPSA) is 145 Å². The van der Waals surface area contributed by atoms with Crippen LogP contribution in [0, 0.1) is 0 Å². The average Bonchev–Trinajstić information content (AvgIpc) is 4.09. The van der Waals surface area contributed by atoms with Crippen LogP contribution in [0.5, 0.6) is 11.5 Å². The van der Waals surface area contributed by atoms with E-state index >= 15 is 0 Å². The Kier molecular flexibility index (Phi) is 11.9. The van der Waals surface area contributed by atoms with Crippen molar-refractivity contribution in [3.05, 3.63) is 119 Å². The second kappa shape index (κ2) is 18.0. The SMILES string of the molecule is CN1CCC(Oc2cc(Nc3ncc4cc(Br)ccc4n3)cc(-c3cnn(C)c3)c2)C1.Cn1cc(-c2cc(Nc3ncc4cc(Br)ccc4n3)cc(OC3CCNC3)c2)cn1. The monoisotopic (exact) mass is 942 g/mol. The van der Waals surface area contributed by atoms with Crippen LogP contribution in [0.3, 0.4) is 0 Å². The Morgan fingerprint density at radius 1 is 0.623 bits per heavy atom. The van der Waals surface area contributed by atoms with E-state index in [2.05, 4.69) is 114 Å². The molecule has 2 atom stereocenters. The van der Waals surface area contributed by atoms with Gasteiger partial charge in [-0.25, -0.2) is 19.9 Å². The van der Waals surface area contributed by atoms with Crippen molar-refractivity contribution in [2.75, 3.05) is 43.9 Å². The van der Waals surface area contributed by atoms with Gasteiger partial charge in [0.25, 0.3) is 0 Å². The Hall–Kier alpha value is -5.94. The van der Waals surface area contributed by atoms with Crippen LogP contribution in [-0.4, -0.2) is 89.8 Å². The first-order chi connectivity index (χ1) is 29.6. The number of aromatic nitrogens is 8. The minimum Gasteiger partial charge on any atom is -0.489 e. The van der Waals surface area contributed by atoms with Gasteiger partial charge >= 0.3 is 0 Å². The highest BCUT2D eigenvalue weighted by molar-refractivity contribution is 9.10. The zero-order valence-electron chi connectivity index (χ0n) is 33.9. The lowest BCUT2D eigenvalue weighted by molar-refractivity contribution is 0.208. The van der Waals surface area contributed by atoms with E-state index in [4.69, 9.17) is 9.47 Å². The van der Waals surface area contributed by atoms with Crippen LogP contribution in [0.15, 0.2) is 119 Å². The van der Waals surface area contributed by atoms with Crippen molar-refractivity contribution in [2.24, 2.45) is 14.1 Å². The predicted molar refractivity (Wildman–Crippen MR) is 247 cm³/mol. The van der Waals surface area contributed by atoms with Crippen molar-refractivity contribution >= 4 is 76.9 Å². The molecule has 2 aliphatic heterocycles. The van der Waals surface area contributed by atoms with Crippen molar-refractivity contribution < 1.29 is 9.47 Å². The summed E-state index contributed by atoms with van der Waals surface area (Å²) in [5, 5.41) is 20.6. The molecule has 2 aliphatic rings. The van der Waals surface area contributed by atoms with Crippen LogP contribution in [-0.2, 0) is 14.1 Å². The molecular weight excluding hydrogens is 900 g/mol. The van der Waals surface area contributed by atoms with E-state index in [1.54, 1.807) is 9.36 Å². The third-order valence-corrected chi connectivity index (χ3v) is 11.4. The number of nitrogens with zero attached hydrogens (tertiary/aromatic N) is 9. The fraction of sp³-hybridized carbons (Fsp3) is 0.244. The largest absolute Gasteiger partial charge is 0.489 e. The fourth-order valence-electron chi connectivity index (χ4n) is 7.44. The van der Waals surface area contributed by atoms with Crippen LogP contribution < -0.4 is 25.4 Å². The number of rotatable bonds is 10. The smallest absolute Gasteiger partial charge is 0.227 e. The van der Waals surface area contributed by atoms with E-state index in [9.17, 15) is 0 Å². The first-order valence-electron chi connectivity index (χ1n) is 20.0. The lowest BCUT2D eigenvalue weighted by Gasteiger charge is -2.16. The zero-order chi connectivity index (χ0) is 41.9. The Morgan fingerprint density at radius 3 is 1.62 bits per heavy atom. The minimum absolute atomic E-state index is 0.178. The third kappa shape index (κ3) is 10.2. The molecule has 16 heteroatoms. The van der Waals surface area contributed by atoms with Gasteiger partial charge in [-0.3, -0.25) is 9.36 Å². The molecule has 14 nitrogen and oxygen atoms in total. The molecular formula is C45H44Br2N12O2. The summed E-state index contributed by atoms with van der Waals surface area (Å²) in [5.41, 5.74) is 7.63. The van der Waals surface area contributed by atoms with E-state index in [0.717, 1.165) is 115 Å². The predicted octanol–water partition coefficient (Wildman–Crippen LogP) is 8.90. The molecule has 3 N–H and O–H groups in total. The van der Waals surface area contributed by atoms with Gasteiger partial charge in [-0.15, -0.1) is 0 Å². The molecule has 0 aliphatic carbocycles. The maximum Gasteiger partial charge on any atom is 0.227 e. The molecule has 2 fully saturated rings. The van der Waals surface area contributed by atoms with E-state index in [1.165, 1.54) is 0 Å². The maximum absolute atomic E-state index is 6.32. The van der Waals surface area contributed by atoms with Crippen molar-refractivity contribution in [1.82, 2.24) is 49.7 Å². The molecule has 4 aromatic heterocycles. The van der Waals surface area contributed by atoms with E-state index in [1.807, 2.05) is 99.8 Å². The lowest BCUT2D eigenvalue weighted by Crippen LogP contribution is -2.21. The summed E-state index contributed by atoms with van der Waals surface area (Å²) in [6.07, 6.45) is 13.7. The average molecular weight is 945 g/mol. The summed E-state index contributed by atoms with van der Waals surface area (Å²) in [6.45, 7) is 3.84. The molecule has 8 aromatic rings.